The topological polar surface area (TPSA) is 94.8 Å². The van der Waals surface area contributed by atoms with Crippen molar-refractivity contribution < 1.29 is 23.2 Å². The molecule has 0 aromatic heterocycles. The van der Waals surface area contributed by atoms with Gasteiger partial charge in [0.25, 0.3) is 10.1 Å². The van der Waals surface area contributed by atoms with Crippen LogP contribution in [0.3, 0.4) is 0 Å². The van der Waals surface area contributed by atoms with E-state index in [1.54, 1.807) is 0 Å². The molecule has 0 aromatic rings. The molecule has 7 heteroatoms. The number of aliphatic hydroxyl groups is 2. The van der Waals surface area contributed by atoms with Crippen LogP contribution in [-0.4, -0.2) is 86.6 Å². The summed E-state index contributed by atoms with van der Waals surface area (Å²) in [7, 11) is -4.33. The van der Waals surface area contributed by atoms with E-state index < -0.39 is 15.6 Å². The summed E-state index contributed by atoms with van der Waals surface area (Å²) in [5.74, 6) is 0. The fraction of sp³-hybridized carbons (Fsp3) is 1.00. The summed E-state index contributed by atoms with van der Waals surface area (Å²) < 4.78 is 28.3. The first-order valence-corrected chi connectivity index (χ1v) is 4.24. The van der Waals surface area contributed by atoms with Gasteiger partial charge in [-0.2, -0.15) is 8.42 Å². The van der Waals surface area contributed by atoms with Crippen molar-refractivity contribution in [2.75, 3.05) is 6.61 Å². The second-order valence-corrected chi connectivity index (χ2v) is 3.41. The van der Waals surface area contributed by atoms with Crippen molar-refractivity contribution in [2.45, 2.75) is 18.3 Å². The van der Waals surface area contributed by atoms with Crippen LogP contribution in [0.1, 0.15) is 12.8 Å². The SMILES string of the molecule is O=S(=O)(O)C(O)CCCO.[K]. The molecule has 5 nitrogen and oxygen atoms in total. The fourth-order valence-electron chi connectivity index (χ4n) is 0.415. The molecule has 0 aromatic carbocycles. The molecule has 0 amide bonds. The fourth-order valence-corrected chi connectivity index (χ4v) is 0.879. The molecule has 0 bridgehead atoms. The molecule has 0 saturated carbocycles. The standard InChI is InChI=1S/C4H10O5S.K/c5-3-1-2-4(6)10(7,8)9;/h4-6H,1-3H2,(H,7,8,9);. The molecule has 1 unspecified atom stereocenters. The van der Waals surface area contributed by atoms with Crippen molar-refractivity contribution >= 4 is 61.5 Å². The minimum atomic E-state index is -4.33. The predicted molar refractivity (Wildman–Crippen MR) is 39.6 cm³/mol. The molecule has 63 valence electrons. The van der Waals surface area contributed by atoms with E-state index in [1.165, 1.54) is 0 Å². The average molecular weight is 209 g/mol. The quantitative estimate of drug-likeness (QED) is 0.390. The summed E-state index contributed by atoms with van der Waals surface area (Å²) in [6.07, 6.45) is 0.0102. The van der Waals surface area contributed by atoms with Crippen molar-refractivity contribution in [3.05, 3.63) is 0 Å². The number of rotatable bonds is 4. The maximum absolute atomic E-state index is 10.1. The van der Waals surface area contributed by atoms with Crippen LogP contribution in [0.2, 0.25) is 0 Å². The van der Waals surface area contributed by atoms with Crippen LogP contribution < -0.4 is 0 Å². The van der Waals surface area contributed by atoms with Gasteiger partial charge in [-0.25, -0.2) is 0 Å². The first kappa shape index (κ1) is 15.0. The van der Waals surface area contributed by atoms with Gasteiger partial charge in [-0.1, -0.05) is 0 Å². The van der Waals surface area contributed by atoms with E-state index in [1.807, 2.05) is 0 Å². The first-order valence-electron chi connectivity index (χ1n) is 2.73. The van der Waals surface area contributed by atoms with Gasteiger partial charge in [0.1, 0.15) is 0 Å². The summed E-state index contributed by atoms with van der Waals surface area (Å²) >= 11 is 0. The molecule has 11 heavy (non-hydrogen) atoms. The maximum atomic E-state index is 10.1. The third-order valence-corrected chi connectivity index (χ3v) is 1.88. The van der Waals surface area contributed by atoms with E-state index in [-0.39, 0.29) is 70.8 Å². The molecule has 0 heterocycles. The summed E-state index contributed by atoms with van der Waals surface area (Å²) in [5.41, 5.74) is -1.76. The second-order valence-electron chi connectivity index (χ2n) is 1.84. The van der Waals surface area contributed by atoms with E-state index in [0.29, 0.717) is 0 Å². The molecule has 1 radical (unpaired) electrons. The summed E-state index contributed by atoms with van der Waals surface area (Å²) in [5, 5.41) is 16.8. The van der Waals surface area contributed by atoms with Crippen molar-refractivity contribution in [3.63, 3.8) is 0 Å². The Bertz CT molecular complexity index is 177. The van der Waals surface area contributed by atoms with Crippen molar-refractivity contribution in [1.82, 2.24) is 0 Å². The Balaban J connectivity index is 0. The molecule has 0 aliphatic heterocycles. The average Bonchev–Trinajstić information content (AvgIpc) is 1.80. The van der Waals surface area contributed by atoms with Crippen molar-refractivity contribution in [1.29, 1.82) is 0 Å². The third-order valence-electron chi connectivity index (χ3n) is 0.953. The third kappa shape index (κ3) is 7.82. The van der Waals surface area contributed by atoms with E-state index >= 15 is 0 Å². The molecular formula is C4H10KO5S. The van der Waals surface area contributed by atoms with Crippen molar-refractivity contribution in [2.24, 2.45) is 0 Å². The zero-order valence-corrected chi connectivity index (χ0v) is 10.2. The monoisotopic (exact) mass is 209 g/mol. The van der Waals surface area contributed by atoms with Gasteiger partial charge in [-0.3, -0.25) is 4.55 Å². The molecular weight excluding hydrogens is 199 g/mol. The maximum Gasteiger partial charge on any atom is 0.291 e. The van der Waals surface area contributed by atoms with Crippen LogP contribution in [0.15, 0.2) is 0 Å². The van der Waals surface area contributed by atoms with Gasteiger partial charge >= 0.3 is 0 Å². The Labute approximate surface area is 108 Å². The summed E-state index contributed by atoms with van der Waals surface area (Å²) in [4.78, 5) is 0. The van der Waals surface area contributed by atoms with E-state index in [0.717, 1.165) is 0 Å². The Kier molecular flexibility index (Phi) is 9.42. The van der Waals surface area contributed by atoms with Gasteiger partial charge in [0.05, 0.1) is 0 Å². The predicted octanol–water partition coefficient (Wildman–Crippen LogP) is -1.42. The Morgan fingerprint density at radius 1 is 1.36 bits per heavy atom. The Morgan fingerprint density at radius 2 is 1.82 bits per heavy atom. The van der Waals surface area contributed by atoms with Gasteiger partial charge in [0.2, 0.25) is 0 Å². The van der Waals surface area contributed by atoms with Crippen LogP contribution in [0.5, 0.6) is 0 Å². The van der Waals surface area contributed by atoms with Crippen LogP contribution in [0.25, 0.3) is 0 Å². The molecule has 0 aliphatic rings. The molecule has 0 saturated heterocycles. The minimum absolute atomic E-state index is 0. The Hall–Kier alpha value is 1.47. The normalized spacial score (nSPS) is 13.7. The summed E-state index contributed by atoms with van der Waals surface area (Å²) in [6, 6.07) is 0. The van der Waals surface area contributed by atoms with Gasteiger partial charge in [-0.15, -0.1) is 0 Å². The summed E-state index contributed by atoms with van der Waals surface area (Å²) in [6.45, 7) is -0.202. The molecule has 0 fully saturated rings. The second kappa shape index (κ2) is 6.93. The van der Waals surface area contributed by atoms with Gasteiger partial charge in [0, 0.05) is 58.0 Å². The van der Waals surface area contributed by atoms with Crippen LogP contribution in [-0.2, 0) is 10.1 Å². The zero-order valence-electron chi connectivity index (χ0n) is 6.27. The molecule has 1 atom stereocenters. The van der Waals surface area contributed by atoms with Gasteiger partial charge in [-0.05, 0) is 12.8 Å². The van der Waals surface area contributed by atoms with Crippen LogP contribution in [0.4, 0.5) is 0 Å². The van der Waals surface area contributed by atoms with E-state index in [4.69, 9.17) is 14.8 Å². The Morgan fingerprint density at radius 3 is 2.09 bits per heavy atom. The van der Waals surface area contributed by atoms with Crippen LogP contribution >= 0.6 is 0 Å². The van der Waals surface area contributed by atoms with Gasteiger partial charge in [0.15, 0.2) is 5.44 Å². The zero-order chi connectivity index (χ0) is 8.20. The molecule has 0 spiro atoms. The van der Waals surface area contributed by atoms with Crippen LogP contribution in [0, 0.1) is 0 Å². The molecule has 3 N–H and O–H groups in total. The van der Waals surface area contributed by atoms with Crippen molar-refractivity contribution in [3.8, 4) is 0 Å². The number of hydrogen-bond acceptors (Lipinski definition) is 4. The smallest absolute Gasteiger partial charge is 0.291 e. The van der Waals surface area contributed by atoms with Gasteiger partial charge < -0.3 is 10.2 Å². The number of aliphatic hydroxyl groups excluding tert-OH is 2. The largest absolute Gasteiger partial charge is 0.396 e. The molecule has 0 rings (SSSR count). The number of hydrogen-bond donors (Lipinski definition) is 3. The van der Waals surface area contributed by atoms with E-state index in [2.05, 4.69) is 0 Å². The van der Waals surface area contributed by atoms with E-state index in [9.17, 15) is 8.42 Å². The molecule has 0 aliphatic carbocycles. The first-order chi connectivity index (χ1) is 4.48. The minimum Gasteiger partial charge on any atom is -0.396 e.